The molecule has 100 valence electrons. The van der Waals surface area contributed by atoms with E-state index < -0.39 is 0 Å². The van der Waals surface area contributed by atoms with Crippen LogP contribution in [0.2, 0.25) is 0 Å². The number of rotatable bonds is 2. The van der Waals surface area contributed by atoms with Gasteiger partial charge in [-0.2, -0.15) is 0 Å². The quantitative estimate of drug-likeness (QED) is 0.824. The Morgan fingerprint density at radius 1 is 1.37 bits per heavy atom. The second kappa shape index (κ2) is 4.92. The average molecular weight is 324 g/mol. The molecule has 0 atom stereocenters. The number of amides is 2. The average Bonchev–Trinajstić information content (AvgIpc) is 3.23. The van der Waals surface area contributed by atoms with Crippen molar-refractivity contribution in [2.24, 2.45) is 0 Å². The fourth-order valence-corrected chi connectivity index (χ4v) is 2.75. The molecule has 0 unspecified atom stereocenters. The van der Waals surface area contributed by atoms with Crippen LogP contribution in [0.15, 0.2) is 22.8 Å². The number of aromatic nitrogens is 1. The summed E-state index contributed by atoms with van der Waals surface area (Å²) in [5.74, 6) is -0.134. The molecule has 5 nitrogen and oxygen atoms in total. The second-order valence-corrected chi connectivity index (χ2v) is 5.73. The number of hydrogen-bond acceptors (Lipinski definition) is 3. The zero-order valence-electron chi connectivity index (χ0n) is 10.4. The lowest BCUT2D eigenvalue weighted by molar-refractivity contribution is -0.135. The molecule has 2 heterocycles. The van der Waals surface area contributed by atoms with Gasteiger partial charge in [0.2, 0.25) is 5.91 Å². The van der Waals surface area contributed by atoms with Crippen LogP contribution in [0.4, 0.5) is 0 Å². The molecule has 0 aromatic carbocycles. The van der Waals surface area contributed by atoms with Gasteiger partial charge in [0, 0.05) is 29.8 Å². The Balaban J connectivity index is 1.72. The summed E-state index contributed by atoms with van der Waals surface area (Å²) in [6.45, 7) is 1.39. The molecule has 0 bridgehead atoms. The van der Waals surface area contributed by atoms with Gasteiger partial charge in [-0.15, -0.1) is 0 Å². The van der Waals surface area contributed by atoms with E-state index in [-0.39, 0.29) is 18.4 Å². The van der Waals surface area contributed by atoms with E-state index in [2.05, 4.69) is 20.9 Å². The number of carbonyl (C=O) groups is 2. The Morgan fingerprint density at radius 2 is 2.16 bits per heavy atom. The third-order valence-electron chi connectivity index (χ3n) is 3.49. The van der Waals surface area contributed by atoms with Crippen molar-refractivity contribution in [1.82, 2.24) is 14.8 Å². The highest BCUT2D eigenvalue weighted by Crippen LogP contribution is 2.28. The molecule has 2 fully saturated rings. The molecule has 1 saturated heterocycles. The zero-order valence-corrected chi connectivity index (χ0v) is 12.0. The van der Waals surface area contributed by atoms with Gasteiger partial charge in [-0.1, -0.05) is 0 Å². The Labute approximate surface area is 119 Å². The molecule has 0 N–H and O–H groups in total. The summed E-state index contributed by atoms with van der Waals surface area (Å²) in [7, 11) is 0. The largest absolute Gasteiger partial charge is 0.336 e. The van der Waals surface area contributed by atoms with E-state index in [4.69, 9.17) is 0 Å². The van der Waals surface area contributed by atoms with E-state index in [1.165, 1.54) is 0 Å². The van der Waals surface area contributed by atoms with Gasteiger partial charge in [-0.25, -0.2) is 4.98 Å². The minimum Gasteiger partial charge on any atom is -0.336 e. The molecule has 19 heavy (non-hydrogen) atoms. The van der Waals surface area contributed by atoms with Crippen LogP contribution >= 0.6 is 15.9 Å². The number of piperazine rings is 1. The zero-order chi connectivity index (χ0) is 13.4. The summed E-state index contributed by atoms with van der Waals surface area (Å²) in [5, 5.41) is 0. The van der Waals surface area contributed by atoms with Crippen molar-refractivity contribution >= 4 is 27.7 Å². The van der Waals surface area contributed by atoms with E-state index in [0.717, 1.165) is 12.8 Å². The SMILES string of the molecule is O=C(c1ncccc1Br)N1CCN(C2CC2)C(=O)C1. The first-order valence-corrected chi connectivity index (χ1v) is 7.15. The van der Waals surface area contributed by atoms with E-state index in [0.29, 0.717) is 29.3 Å². The highest BCUT2D eigenvalue weighted by Gasteiger charge is 2.37. The second-order valence-electron chi connectivity index (χ2n) is 4.88. The fourth-order valence-electron chi connectivity index (χ4n) is 2.32. The van der Waals surface area contributed by atoms with Crippen LogP contribution in [-0.4, -0.2) is 52.3 Å². The van der Waals surface area contributed by atoms with Crippen molar-refractivity contribution in [3.63, 3.8) is 0 Å². The maximum Gasteiger partial charge on any atom is 0.274 e. The topological polar surface area (TPSA) is 53.5 Å². The summed E-state index contributed by atoms with van der Waals surface area (Å²) in [6.07, 6.45) is 3.79. The van der Waals surface area contributed by atoms with E-state index in [1.807, 2.05) is 4.90 Å². The predicted molar refractivity (Wildman–Crippen MR) is 72.6 cm³/mol. The molecule has 1 aliphatic heterocycles. The molecule has 1 aliphatic carbocycles. The molecule has 0 radical (unpaired) electrons. The third kappa shape index (κ3) is 2.49. The van der Waals surface area contributed by atoms with E-state index in [9.17, 15) is 9.59 Å². The number of halogens is 1. The molecule has 6 heteroatoms. The maximum atomic E-state index is 12.3. The number of nitrogens with zero attached hydrogens (tertiary/aromatic N) is 3. The van der Waals surface area contributed by atoms with Gasteiger partial charge >= 0.3 is 0 Å². The Kier molecular flexibility index (Phi) is 3.26. The van der Waals surface area contributed by atoms with Crippen LogP contribution in [0.3, 0.4) is 0 Å². The van der Waals surface area contributed by atoms with Crippen LogP contribution < -0.4 is 0 Å². The van der Waals surface area contributed by atoms with E-state index >= 15 is 0 Å². The number of carbonyl (C=O) groups excluding carboxylic acids is 2. The lowest BCUT2D eigenvalue weighted by Crippen LogP contribution is -2.53. The van der Waals surface area contributed by atoms with Crippen LogP contribution in [0.1, 0.15) is 23.3 Å². The molecular weight excluding hydrogens is 310 g/mol. The summed E-state index contributed by atoms with van der Waals surface area (Å²) in [4.78, 5) is 31.9. The van der Waals surface area contributed by atoms with Crippen LogP contribution in [0.5, 0.6) is 0 Å². The Bertz CT molecular complexity index is 530. The van der Waals surface area contributed by atoms with Crippen LogP contribution in [-0.2, 0) is 4.79 Å². The summed E-state index contributed by atoms with van der Waals surface area (Å²) >= 11 is 3.32. The smallest absolute Gasteiger partial charge is 0.274 e. The molecule has 2 aliphatic rings. The van der Waals surface area contributed by atoms with Crippen molar-refractivity contribution in [3.8, 4) is 0 Å². The molecule has 0 spiro atoms. The van der Waals surface area contributed by atoms with E-state index in [1.54, 1.807) is 23.2 Å². The molecule has 1 aromatic heterocycles. The highest BCUT2D eigenvalue weighted by atomic mass is 79.9. The fraction of sp³-hybridized carbons (Fsp3) is 0.462. The first kappa shape index (κ1) is 12.6. The number of hydrogen-bond donors (Lipinski definition) is 0. The van der Waals surface area contributed by atoms with Crippen LogP contribution in [0.25, 0.3) is 0 Å². The van der Waals surface area contributed by atoms with Crippen molar-refractivity contribution in [2.45, 2.75) is 18.9 Å². The molecular formula is C13H14BrN3O2. The lowest BCUT2D eigenvalue weighted by Gasteiger charge is -2.34. The van der Waals surface area contributed by atoms with Crippen molar-refractivity contribution in [3.05, 3.63) is 28.5 Å². The van der Waals surface area contributed by atoms with Gasteiger partial charge < -0.3 is 9.80 Å². The van der Waals surface area contributed by atoms with Crippen molar-refractivity contribution < 1.29 is 9.59 Å². The van der Waals surface area contributed by atoms with Crippen molar-refractivity contribution in [1.29, 1.82) is 0 Å². The normalized spacial score (nSPS) is 19.7. The third-order valence-corrected chi connectivity index (χ3v) is 4.13. The van der Waals surface area contributed by atoms with Crippen molar-refractivity contribution in [2.75, 3.05) is 19.6 Å². The molecule has 3 rings (SSSR count). The highest BCUT2D eigenvalue weighted by molar-refractivity contribution is 9.10. The Morgan fingerprint density at radius 3 is 2.79 bits per heavy atom. The standard InChI is InChI=1S/C13H14BrN3O2/c14-10-2-1-5-15-12(10)13(19)16-6-7-17(9-3-4-9)11(18)8-16/h1-2,5,9H,3-4,6-8H2. The molecule has 1 aromatic rings. The van der Waals surface area contributed by atoms with Gasteiger partial charge in [-0.3, -0.25) is 9.59 Å². The minimum atomic E-state index is -0.184. The van der Waals surface area contributed by atoms with Crippen LogP contribution in [0, 0.1) is 0 Å². The first-order valence-electron chi connectivity index (χ1n) is 6.36. The Hall–Kier alpha value is -1.43. The summed E-state index contributed by atoms with van der Waals surface area (Å²) in [6, 6.07) is 3.96. The van der Waals surface area contributed by atoms with Gasteiger partial charge in [0.1, 0.15) is 12.2 Å². The molecule has 1 saturated carbocycles. The maximum absolute atomic E-state index is 12.3. The lowest BCUT2D eigenvalue weighted by atomic mass is 10.2. The van der Waals surface area contributed by atoms with Gasteiger partial charge in [-0.05, 0) is 40.9 Å². The van der Waals surface area contributed by atoms with Gasteiger partial charge in [0.05, 0.1) is 0 Å². The monoisotopic (exact) mass is 323 g/mol. The van der Waals surface area contributed by atoms with Gasteiger partial charge in [0.15, 0.2) is 0 Å². The minimum absolute atomic E-state index is 0.0501. The predicted octanol–water partition coefficient (Wildman–Crippen LogP) is 1.29. The summed E-state index contributed by atoms with van der Waals surface area (Å²) < 4.78 is 0.664. The number of pyridine rings is 1. The summed E-state index contributed by atoms with van der Waals surface area (Å²) in [5.41, 5.74) is 0.371. The molecule has 2 amide bonds. The van der Waals surface area contributed by atoms with Gasteiger partial charge in [0.25, 0.3) is 5.91 Å². The first-order chi connectivity index (χ1) is 9.16.